The summed E-state index contributed by atoms with van der Waals surface area (Å²) in [4.78, 5) is 16.2. The van der Waals surface area contributed by atoms with Crippen LogP contribution in [0.3, 0.4) is 0 Å². The van der Waals surface area contributed by atoms with Crippen LogP contribution >= 0.6 is 0 Å². The van der Waals surface area contributed by atoms with Crippen molar-refractivity contribution in [3.8, 4) is 22.8 Å². The van der Waals surface area contributed by atoms with Crippen LogP contribution in [0.5, 0.6) is 11.5 Å². The van der Waals surface area contributed by atoms with E-state index < -0.39 is 0 Å². The van der Waals surface area contributed by atoms with E-state index in [-0.39, 0.29) is 0 Å². The Bertz CT molecular complexity index is 1100. The second-order valence-electron chi connectivity index (χ2n) is 7.34. The Balaban J connectivity index is 1.61. The Morgan fingerprint density at radius 1 is 0.656 bits per heavy atom. The van der Waals surface area contributed by atoms with Gasteiger partial charge in [0.05, 0.1) is 37.0 Å². The minimum Gasteiger partial charge on any atom is -0.493 e. The van der Waals surface area contributed by atoms with Crippen molar-refractivity contribution in [1.29, 1.82) is 0 Å². The quantitative estimate of drug-likeness (QED) is 0.385. The van der Waals surface area contributed by atoms with Gasteiger partial charge in [0, 0.05) is 37.6 Å². The highest BCUT2D eigenvalue weighted by molar-refractivity contribution is 5.71. The van der Waals surface area contributed by atoms with Gasteiger partial charge >= 0.3 is 0 Å². The SMILES string of the molecule is COc1cccc(-c2cccc(CN(Cc3ccccn3)Cc3ccccn3)n2)c1OC. The topological polar surface area (TPSA) is 60.4 Å². The summed E-state index contributed by atoms with van der Waals surface area (Å²) in [6.45, 7) is 2.06. The zero-order valence-electron chi connectivity index (χ0n) is 18.3. The number of hydrogen-bond acceptors (Lipinski definition) is 6. The van der Waals surface area contributed by atoms with Crippen LogP contribution in [0, 0.1) is 0 Å². The average molecular weight is 427 g/mol. The first-order chi connectivity index (χ1) is 15.8. The fraction of sp³-hybridized carbons (Fsp3) is 0.192. The predicted molar refractivity (Wildman–Crippen MR) is 124 cm³/mol. The van der Waals surface area contributed by atoms with Gasteiger partial charge in [0.25, 0.3) is 0 Å². The van der Waals surface area contributed by atoms with Gasteiger partial charge in [-0.3, -0.25) is 19.9 Å². The Hall–Kier alpha value is -3.77. The number of para-hydroxylation sites is 1. The molecular weight excluding hydrogens is 400 g/mol. The van der Waals surface area contributed by atoms with E-state index in [1.54, 1.807) is 14.2 Å². The maximum Gasteiger partial charge on any atom is 0.170 e. The third kappa shape index (κ3) is 5.28. The summed E-state index contributed by atoms with van der Waals surface area (Å²) in [5.74, 6) is 1.36. The predicted octanol–water partition coefficient (Wildman–Crippen LogP) is 4.76. The summed E-state index contributed by atoms with van der Waals surface area (Å²) in [6.07, 6.45) is 3.64. The minimum atomic E-state index is 0.660. The number of methoxy groups -OCH3 is 2. The van der Waals surface area contributed by atoms with E-state index >= 15 is 0 Å². The molecule has 0 radical (unpaired) electrons. The van der Waals surface area contributed by atoms with Crippen LogP contribution in [0.15, 0.2) is 85.2 Å². The molecule has 0 aliphatic carbocycles. The molecule has 0 bridgehead atoms. The van der Waals surface area contributed by atoms with Gasteiger partial charge in [0.15, 0.2) is 11.5 Å². The van der Waals surface area contributed by atoms with Crippen molar-refractivity contribution in [1.82, 2.24) is 19.9 Å². The Morgan fingerprint density at radius 3 is 1.88 bits per heavy atom. The molecule has 4 rings (SSSR count). The molecule has 0 unspecified atom stereocenters. The smallest absolute Gasteiger partial charge is 0.170 e. The summed E-state index contributed by atoms with van der Waals surface area (Å²) in [6, 6.07) is 23.8. The van der Waals surface area contributed by atoms with Crippen molar-refractivity contribution in [3.63, 3.8) is 0 Å². The molecule has 3 aromatic heterocycles. The molecule has 6 nitrogen and oxygen atoms in total. The lowest BCUT2D eigenvalue weighted by atomic mass is 10.1. The maximum atomic E-state index is 5.61. The van der Waals surface area contributed by atoms with Gasteiger partial charge < -0.3 is 9.47 Å². The van der Waals surface area contributed by atoms with Crippen LogP contribution in [-0.2, 0) is 19.6 Å². The molecule has 0 atom stereocenters. The number of hydrogen-bond donors (Lipinski definition) is 0. The van der Waals surface area contributed by atoms with Gasteiger partial charge in [-0.1, -0.05) is 24.3 Å². The van der Waals surface area contributed by atoms with E-state index in [0.717, 1.165) is 28.3 Å². The highest BCUT2D eigenvalue weighted by Gasteiger charge is 2.15. The zero-order valence-corrected chi connectivity index (χ0v) is 18.3. The monoisotopic (exact) mass is 426 g/mol. The van der Waals surface area contributed by atoms with E-state index in [2.05, 4.69) is 14.9 Å². The van der Waals surface area contributed by atoms with Crippen molar-refractivity contribution < 1.29 is 9.47 Å². The average Bonchev–Trinajstić information content (AvgIpc) is 2.85. The third-order valence-electron chi connectivity index (χ3n) is 5.09. The Labute approximate surface area is 188 Å². The van der Waals surface area contributed by atoms with Gasteiger partial charge in [-0.15, -0.1) is 0 Å². The Morgan fingerprint density at radius 2 is 1.28 bits per heavy atom. The summed E-state index contributed by atoms with van der Waals surface area (Å²) in [5.41, 5.74) is 4.71. The molecule has 0 saturated carbocycles. The van der Waals surface area contributed by atoms with Crippen LogP contribution < -0.4 is 9.47 Å². The molecule has 0 aliphatic rings. The molecule has 0 amide bonds. The van der Waals surface area contributed by atoms with Crippen LogP contribution in [0.4, 0.5) is 0 Å². The first-order valence-electron chi connectivity index (χ1n) is 10.5. The second kappa shape index (κ2) is 10.5. The lowest BCUT2D eigenvalue weighted by Crippen LogP contribution is -2.24. The highest BCUT2D eigenvalue weighted by atomic mass is 16.5. The van der Waals surface area contributed by atoms with Gasteiger partial charge in [0.1, 0.15) is 0 Å². The molecule has 0 fully saturated rings. The first kappa shape index (κ1) is 21.5. The standard InChI is InChI=1S/C26H26N4O2/c1-31-25-14-8-12-23(26(25)32-2)24-13-7-11-22(29-24)19-30(17-20-9-3-5-15-27-20)18-21-10-4-6-16-28-21/h3-16H,17-19H2,1-2H3. The third-order valence-corrected chi connectivity index (χ3v) is 5.09. The number of aromatic nitrogens is 3. The normalized spacial score (nSPS) is 10.8. The molecule has 0 saturated heterocycles. The highest BCUT2D eigenvalue weighted by Crippen LogP contribution is 2.37. The van der Waals surface area contributed by atoms with Crippen LogP contribution in [0.1, 0.15) is 17.1 Å². The molecular formula is C26H26N4O2. The van der Waals surface area contributed by atoms with E-state index in [4.69, 9.17) is 14.5 Å². The van der Waals surface area contributed by atoms with Crippen LogP contribution in [0.25, 0.3) is 11.3 Å². The number of nitrogens with zero attached hydrogens (tertiary/aromatic N) is 4. The molecule has 0 N–H and O–H groups in total. The van der Waals surface area contributed by atoms with Gasteiger partial charge in [-0.25, -0.2) is 0 Å². The van der Waals surface area contributed by atoms with Gasteiger partial charge in [-0.05, 0) is 48.5 Å². The van der Waals surface area contributed by atoms with Crippen LogP contribution in [-0.4, -0.2) is 34.1 Å². The Kier molecular flexibility index (Phi) is 7.05. The van der Waals surface area contributed by atoms with E-state index in [1.807, 2.05) is 85.2 Å². The molecule has 4 aromatic rings. The zero-order chi connectivity index (χ0) is 22.2. The first-order valence-corrected chi connectivity index (χ1v) is 10.5. The number of rotatable bonds is 9. The van der Waals surface area contributed by atoms with Crippen molar-refractivity contribution >= 4 is 0 Å². The maximum absolute atomic E-state index is 5.61. The summed E-state index contributed by atoms with van der Waals surface area (Å²) in [7, 11) is 3.28. The molecule has 32 heavy (non-hydrogen) atoms. The fourth-order valence-corrected chi connectivity index (χ4v) is 3.64. The summed E-state index contributed by atoms with van der Waals surface area (Å²) >= 11 is 0. The fourth-order valence-electron chi connectivity index (χ4n) is 3.64. The van der Waals surface area contributed by atoms with Crippen molar-refractivity contribution in [2.24, 2.45) is 0 Å². The van der Waals surface area contributed by atoms with Gasteiger partial charge in [-0.2, -0.15) is 0 Å². The number of ether oxygens (including phenoxy) is 2. The van der Waals surface area contributed by atoms with Crippen molar-refractivity contribution in [3.05, 3.63) is 102 Å². The second-order valence-corrected chi connectivity index (χ2v) is 7.34. The van der Waals surface area contributed by atoms with E-state index in [1.165, 1.54) is 0 Å². The largest absolute Gasteiger partial charge is 0.493 e. The molecule has 3 heterocycles. The molecule has 1 aromatic carbocycles. The van der Waals surface area contributed by atoms with Crippen LogP contribution in [0.2, 0.25) is 0 Å². The van der Waals surface area contributed by atoms with Gasteiger partial charge in [0.2, 0.25) is 0 Å². The molecule has 0 spiro atoms. The summed E-state index contributed by atoms with van der Waals surface area (Å²) in [5, 5.41) is 0. The summed E-state index contributed by atoms with van der Waals surface area (Å²) < 4.78 is 11.1. The lowest BCUT2D eigenvalue weighted by molar-refractivity contribution is 0.239. The minimum absolute atomic E-state index is 0.660. The number of pyridine rings is 3. The van der Waals surface area contributed by atoms with Crippen molar-refractivity contribution in [2.75, 3.05) is 14.2 Å². The lowest BCUT2D eigenvalue weighted by Gasteiger charge is -2.22. The molecule has 162 valence electrons. The van der Waals surface area contributed by atoms with E-state index in [0.29, 0.717) is 31.1 Å². The number of benzene rings is 1. The molecule has 6 heteroatoms. The van der Waals surface area contributed by atoms with Crippen molar-refractivity contribution in [2.45, 2.75) is 19.6 Å². The van der Waals surface area contributed by atoms with E-state index in [9.17, 15) is 0 Å². The molecule has 0 aliphatic heterocycles.